The number of Topliss-reactive ketones (excluding diaryl/α,β-unsaturated/α-hetero) is 1. The van der Waals surface area contributed by atoms with Crippen molar-refractivity contribution in [3.05, 3.63) is 41.3 Å². The molecule has 0 bridgehead atoms. The topological polar surface area (TPSA) is 35.5 Å². The molecule has 0 aliphatic heterocycles. The lowest BCUT2D eigenvalue weighted by Gasteiger charge is -2.40. The minimum Gasteiger partial charge on any atom is -0.487 e. The van der Waals surface area contributed by atoms with Crippen molar-refractivity contribution in [3.63, 3.8) is 0 Å². The number of ether oxygens (including phenoxy) is 1. The van der Waals surface area contributed by atoms with Crippen molar-refractivity contribution in [2.24, 2.45) is 0 Å². The molecule has 1 aliphatic carbocycles. The van der Waals surface area contributed by atoms with Crippen LogP contribution in [0.1, 0.15) is 26.2 Å². The number of para-hydroxylation sites is 1. The molecule has 0 spiro atoms. The fraction of sp³-hybridized carbons (Fsp3) is 0.526. The van der Waals surface area contributed by atoms with E-state index in [0.717, 1.165) is 23.5 Å². The van der Waals surface area contributed by atoms with Gasteiger partial charge in [0.1, 0.15) is 17.5 Å². The Hall–Kier alpha value is -1.04. The minimum absolute atomic E-state index is 0.162. The van der Waals surface area contributed by atoms with Crippen molar-refractivity contribution >= 4 is 25.9 Å². The summed E-state index contributed by atoms with van der Waals surface area (Å²) in [6, 6.07) is 9.82. The summed E-state index contributed by atoms with van der Waals surface area (Å²) in [4.78, 5) is 13.3. The largest absolute Gasteiger partial charge is 0.487 e. The van der Waals surface area contributed by atoms with Gasteiger partial charge in [0.2, 0.25) is 0 Å². The molecule has 5 heteroatoms. The first-order valence-corrected chi connectivity index (χ1v) is 13.1. The number of thioether (sulfide) groups is 1. The minimum atomic E-state index is -1.86. The molecule has 0 saturated carbocycles. The third-order valence-electron chi connectivity index (χ3n) is 3.92. The molecule has 0 fully saturated rings. The number of rotatable bonds is 8. The molecule has 24 heavy (non-hydrogen) atoms. The Labute approximate surface area is 150 Å². The van der Waals surface area contributed by atoms with Crippen LogP contribution in [0.5, 0.6) is 5.75 Å². The SMILES string of the molecule is CCCC(Oc1ccccc1)C1(O[Si](C)(C)C)C=C(SC)C(=O)C1. The van der Waals surface area contributed by atoms with Crippen molar-refractivity contribution in [2.75, 3.05) is 6.26 Å². The molecule has 1 aromatic rings. The summed E-state index contributed by atoms with van der Waals surface area (Å²) in [7, 11) is -1.86. The summed E-state index contributed by atoms with van der Waals surface area (Å²) in [6.45, 7) is 8.63. The molecule has 0 heterocycles. The highest BCUT2D eigenvalue weighted by molar-refractivity contribution is 8.03. The summed E-state index contributed by atoms with van der Waals surface area (Å²) in [5, 5.41) is 0. The fourth-order valence-corrected chi connectivity index (χ4v) is 5.12. The highest BCUT2D eigenvalue weighted by Gasteiger charge is 2.48. The number of hydrogen-bond acceptors (Lipinski definition) is 4. The van der Waals surface area contributed by atoms with Gasteiger partial charge in [-0.05, 0) is 50.5 Å². The first-order valence-electron chi connectivity index (χ1n) is 8.51. The Morgan fingerprint density at radius 1 is 1.25 bits per heavy atom. The first-order chi connectivity index (χ1) is 11.3. The summed E-state index contributed by atoms with van der Waals surface area (Å²) in [5.74, 6) is 0.992. The Morgan fingerprint density at radius 2 is 1.92 bits per heavy atom. The van der Waals surface area contributed by atoms with Gasteiger partial charge in [0.15, 0.2) is 14.1 Å². The second-order valence-corrected chi connectivity index (χ2v) is 12.5. The van der Waals surface area contributed by atoms with Gasteiger partial charge >= 0.3 is 0 Å². The van der Waals surface area contributed by atoms with Crippen LogP contribution in [0.4, 0.5) is 0 Å². The molecule has 0 radical (unpaired) electrons. The Balaban J connectivity index is 2.39. The van der Waals surface area contributed by atoms with Gasteiger partial charge in [-0.25, -0.2) is 0 Å². The molecule has 1 aliphatic rings. The van der Waals surface area contributed by atoms with Crippen LogP contribution in [-0.2, 0) is 9.22 Å². The fourth-order valence-electron chi connectivity index (χ4n) is 3.10. The standard InChI is InChI=1S/C19H28O3SSi/c1-6-10-18(21-15-11-8-7-9-12-15)19(22-24(3,4)5)13-16(20)17(14-19)23-2/h7-9,11-12,14,18H,6,10,13H2,1-5H3. The molecule has 3 nitrogen and oxygen atoms in total. The smallest absolute Gasteiger partial charge is 0.185 e. The molecule has 2 rings (SSSR count). The average Bonchev–Trinajstić information content (AvgIpc) is 2.83. The van der Waals surface area contributed by atoms with E-state index < -0.39 is 13.9 Å². The van der Waals surface area contributed by atoms with Crippen LogP contribution in [0.2, 0.25) is 19.6 Å². The van der Waals surface area contributed by atoms with Gasteiger partial charge in [0.05, 0.1) is 0 Å². The van der Waals surface area contributed by atoms with E-state index in [1.165, 1.54) is 11.8 Å². The zero-order valence-corrected chi connectivity index (χ0v) is 17.1. The van der Waals surface area contributed by atoms with Gasteiger partial charge in [-0.15, -0.1) is 11.8 Å². The number of allylic oxidation sites excluding steroid dienone is 1. The number of carbonyl (C=O) groups excluding carboxylic acids is 1. The molecule has 0 saturated heterocycles. The maximum Gasteiger partial charge on any atom is 0.185 e. The molecule has 0 N–H and O–H groups in total. The molecular weight excluding hydrogens is 336 g/mol. The third kappa shape index (κ3) is 4.74. The molecule has 1 aromatic carbocycles. The third-order valence-corrected chi connectivity index (χ3v) is 5.70. The van der Waals surface area contributed by atoms with E-state index in [-0.39, 0.29) is 11.9 Å². The van der Waals surface area contributed by atoms with Crippen molar-refractivity contribution in [2.45, 2.75) is 57.5 Å². The van der Waals surface area contributed by atoms with E-state index >= 15 is 0 Å². The Morgan fingerprint density at radius 3 is 2.42 bits per heavy atom. The van der Waals surface area contributed by atoms with E-state index in [1.54, 1.807) is 0 Å². The number of carbonyl (C=O) groups is 1. The monoisotopic (exact) mass is 364 g/mol. The number of benzene rings is 1. The lowest BCUT2D eigenvalue weighted by molar-refractivity contribution is -0.118. The van der Waals surface area contributed by atoms with Gasteiger partial charge in [-0.1, -0.05) is 31.5 Å². The predicted octanol–water partition coefficient (Wildman–Crippen LogP) is 5.04. The lowest BCUT2D eigenvalue weighted by Crippen LogP contribution is -2.51. The number of hydrogen-bond donors (Lipinski definition) is 0. The molecule has 2 unspecified atom stereocenters. The van der Waals surface area contributed by atoms with E-state index in [2.05, 4.69) is 26.6 Å². The van der Waals surface area contributed by atoms with Crippen molar-refractivity contribution in [1.82, 2.24) is 0 Å². The van der Waals surface area contributed by atoms with Crippen LogP contribution < -0.4 is 4.74 Å². The molecule has 2 atom stereocenters. The van der Waals surface area contributed by atoms with E-state index in [9.17, 15) is 4.79 Å². The van der Waals surface area contributed by atoms with Gasteiger partial charge in [0, 0.05) is 11.3 Å². The summed E-state index contributed by atoms with van der Waals surface area (Å²) in [6.07, 6.45) is 6.02. The van der Waals surface area contributed by atoms with E-state index in [0.29, 0.717) is 6.42 Å². The molecule has 0 amide bonds. The quantitative estimate of drug-likeness (QED) is 0.605. The normalized spacial score (nSPS) is 22.4. The van der Waals surface area contributed by atoms with Crippen molar-refractivity contribution in [1.29, 1.82) is 0 Å². The van der Waals surface area contributed by atoms with Gasteiger partial charge in [-0.3, -0.25) is 4.79 Å². The predicted molar refractivity (Wildman–Crippen MR) is 104 cm³/mol. The summed E-state index contributed by atoms with van der Waals surface area (Å²) in [5.41, 5.74) is -0.647. The van der Waals surface area contributed by atoms with Gasteiger partial charge < -0.3 is 9.16 Å². The van der Waals surface area contributed by atoms with Crippen LogP contribution in [0.25, 0.3) is 0 Å². The van der Waals surface area contributed by atoms with Crippen LogP contribution in [0, 0.1) is 0 Å². The van der Waals surface area contributed by atoms with Crippen LogP contribution in [-0.4, -0.2) is 32.1 Å². The average molecular weight is 365 g/mol. The van der Waals surface area contributed by atoms with Crippen molar-refractivity contribution in [3.8, 4) is 5.75 Å². The number of ketones is 1. The second kappa shape index (κ2) is 7.89. The van der Waals surface area contributed by atoms with Crippen molar-refractivity contribution < 1.29 is 14.0 Å². The molecule has 0 aromatic heterocycles. The zero-order chi connectivity index (χ0) is 17.8. The maximum absolute atomic E-state index is 12.5. The first kappa shape index (κ1) is 19.3. The van der Waals surface area contributed by atoms with Gasteiger partial charge in [0.25, 0.3) is 0 Å². The van der Waals surface area contributed by atoms with Crippen LogP contribution in [0.3, 0.4) is 0 Å². The molecular formula is C19H28O3SSi. The Kier molecular flexibility index (Phi) is 6.34. The van der Waals surface area contributed by atoms with E-state index in [4.69, 9.17) is 9.16 Å². The highest BCUT2D eigenvalue weighted by atomic mass is 32.2. The lowest BCUT2D eigenvalue weighted by atomic mass is 9.92. The zero-order valence-electron chi connectivity index (χ0n) is 15.3. The summed E-state index contributed by atoms with van der Waals surface area (Å²) < 4.78 is 12.9. The van der Waals surface area contributed by atoms with Crippen LogP contribution in [0.15, 0.2) is 41.3 Å². The summed E-state index contributed by atoms with van der Waals surface area (Å²) >= 11 is 1.50. The molecule has 132 valence electrons. The second-order valence-electron chi connectivity index (χ2n) is 7.19. The van der Waals surface area contributed by atoms with E-state index in [1.807, 2.05) is 42.7 Å². The van der Waals surface area contributed by atoms with Gasteiger partial charge in [-0.2, -0.15) is 0 Å². The Bertz CT molecular complexity index is 594. The maximum atomic E-state index is 12.5. The van der Waals surface area contributed by atoms with Crippen LogP contribution >= 0.6 is 11.8 Å². The highest BCUT2D eigenvalue weighted by Crippen LogP contribution is 2.41.